The minimum atomic E-state index is 0.143. The summed E-state index contributed by atoms with van der Waals surface area (Å²) in [4.78, 5) is 0. The molecule has 0 aromatic rings. The lowest BCUT2D eigenvalue weighted by Gasteiger charge is -2.49. The van der Waals surface area contributed by atoms with Gasteiger partial charge in [0, 0.05) is 13.2 Å². The molecule has 2 nitrogen and oxygen atoms in total. The first-order chi connectivity index (χ1) is 7.20. The number of rotatable bonds is 7. The highest BCUT2D eigenvalue weighted by Crippen LogP contribution is 2.41. The van der Waals surface area contributed by atoms with Crippen LogP contribution >= 0.6 is 0 Å². The van der Waals surface area contributed by atoms with Gasteiger partial charge in [0.15, 0.2) is 0 Å². The predicted octanol–water partition coefficient (Wildman–Crippen LogP) is 2.97. The van der Waals surface area contributed by atoms with Crippen LogP contribution in [-0.2, 0) is 4.74 Å². The molecule has 0 amide bonds. The third-order valence-corrected chi connectivity index (χ3v) is 4.00. The minimum absolute atomic E-state index is 0.143. The molecule has 0 radical (unpaired) electrons. The van der Waals surface area contributed by atoms with E-state index in [0.717, 1.165) is 6.54 Å². The topological polar surface area (TPSA) is 21.3 Å². The molecule has 90 valence electrons. The number of hydrogen-bond donors (Lipinski definition) is 1. The van der Waals surface area contributed by atoms with E-state index in [-0.39, 0.29) is 5.60 Å². The van der Waals surface area contributed by atoms with Gasteiger partial charge in [0.2, 0.25) is 0 Å². The van der Waals surface area contributed by atoms with E-state index < -0.39 is 0 Å². The van der Waals surface area contributed by atoms with Crippen LogP contribution in [0.15, 0.2) is 0 Å². The fourth-order valence-corrected chi connectivity index (χ4v) is 2.61. The molecule has 1 fully saturated rings. The van der Waals surface area contributed by atoms with E-state index in [0.29, 0.717) is 12.0 Å². The van der Waals surface area contributed by atoms with Gasteiger partial charge in [0.1, 0.15) is 0 Å². The Morgan fingerprint density at radius 2 is 2.00 bits per heavy atom. The molecule has 2 unspecified atom stereocenters. The number of hydrogen-bond acceptors (Lipinski definition) is 2. The first-order valence-corrected chi connectivity index (χ1v) is 6.48. The molecule has 1 rings (SSSR count). The van der Waals surface area contributed by atoms with Crippen LogP contribution in [-0.4, -0.2) is 25.3 Å². The van der Waals surface area contributed by atoms with Crippen LogP contribution in [0, 0.1) is 5.92 Å². The molecule has 1 saturated carbocycles. The average Bonchev–Trinajstić information content (AvgIpc) is 2.20. The van der Waals surface area contributed by atoms with Gasteiger partial charge in [-0.25, -0.2) is 0 Å². The number of nitrogens with one attached hydrogen (secondary N) is 1. The van der Waals surface area contributed by atoms with Crippen molar-refractivity contribution in [3.05, 3.63) is 0 Å². The van der Waals surface area contributed by atoms with Crippen molar-refractivity contribution in [1.29, 1.82) is 0 Å². The zero-order chi connectivity index (χ0) is 11.3. The zero-order valence-electron chi connectivity index (χ0n) is 10.8. The van der Waals surface area contributed by atoms with Crippen LogP contribution in [0.1, 0.15) is 52.9 Å². The lowest BCUT2D eigenvalue weighted by Crippen LogP contribution is -2.59. The van der Waals surface area contributed by atoms with Crippen molar-refractivity contribution in [2.24, 2.45) is 5.92 Å². The van der Waals surface area contributed by atoms with E-state index in [1.165, 1.54) is 32.1 Å². The summed E-state index contributed by atoms with van der Waals surface area (Å²) in [5.74, 6) is 0.705. The quantitative estimate of drug-likeness (QED) is 0.702. The number of methoxy groups -OCH3 is 1. The van der Waals surface area contributed by atoms with E-state index in [9.17, 15) is 0 Å². The second kappa shape index (κ2) is 5.86. The molecule has 1 aliphatic rings. The number of ether oxygens (including phenoxy) is 1. The smallest absolute Gasteiger partial charge is 0.0833 e. The molecule has 15 heavy (non-hydrogen) atoms. The van der Waals surface area contributed by atoms with Gasteiger partial charge in [-0.1, -0.05) is 27.2 Å². The summed E-state index contributed by atoms with van der Waals surface area (Å²) in [6.07, 6.45) is 6.22. The Morgan fingerprint density at radius 3 is 2.33 bits per heavy atom. The maximum atomic E-state index is 5.79. The Hall–Kier alpha value is -0.0800. The van der Waals surface area contributed by atoms with Gasteiger partial charge in [-0.05, 0) is 38.1 Å². The van der Waals surface area contributed by atoms with Crippen LogP contribution < -0.4 is 5.32 Å². The summed E-state index contributed by atoms with van der Waals surface area (Å²) in [7, 11) is 1.88. The van der Waals surface area contributed by atoms with Crippen molar-refractivity contribution >= 4 is 0 Å². The molecular formula is C13H27NO. The van der Waals surface area contributed by atoms with E-state index in [4.69, 9.17) is 4.74 Å². The second-order valence-corrected chi connectivity index (χ2v) is 4.94. The van der Waals surface area contributed by atoms with Crippen molar-refractivity contribution < 1.29 is 4.74 Å². The summed E-state index contributed by atoms with van der Waals surface area (Å²) in [6.45, 7) is 7.95. The fraction of sp³-hybridized carbons (Fsp3) is 1.00. The Kier molecular flexibility index (Phi) is 5.07. The minimum Gasteiger partial charge on any atom is -0.377 e. The van der Waals surface area contributed by atoms with Crippen LogP contribution in [0.25, 0.3) is 0 Å². The summed E-state index contributed by atoms with van der Waals surface area (Å²) in [5.41, 5.74) is 0.143. The normalized spacial score (nSPS) is 23.2. The molecular weight excluding hydrogens is 186 g/mol. The monoisotopic (exact) mass is 213 g/mol. The summed E-state index contributed by atoms with van der Waals surface area (Å²) >= 11 is 0. The van der Waals surface area contributed by atoms with Crippen molar-refractivity contribution in [1.82, 2.24) is 5.32 Å². The fourth-order valence-electron chi connectivity index (χ4n) is 2.61. The van der Waals surface area contributed by atoms with Crippen molar-refractivity contribution in [3.8, 4) is 0 Å². The van der Waals surface area contributed by atoms with E-state index in [1.807, 2.05) is 7.11 Å². The third kappa shape index (κ3) is 2.73. The van der Waals surface area contributed by atoms with Crippen LogP contribution in [0.5, 0.6) is 0 Å². The average molecular weight is 213 g/mol. The Labute approximate surface area is 94.8 Å². The lowest BCUT2D eigenvalue weighted by molar-refractivity contribution is -0.110. The molecule has 0 saturated heterocycles. The molecule has 2 heteroatoms. The standard InChI is InChI=1S/C13H27NO/c1-5-10-14-12(11(3)6-2)13(15-4)8-7-9-13/h11-12,14H,5-10H2,1-4H3. The Bertz CT molecular complexity index is 172. The van der Waals surface area contributed by atoms with Crippen LogP contribution in [0.3, 0.4) is 0 Å². The molecule has 1 aliphatic carbocycles. The molecule has 1 N–H and O–H groups in total. The van der Waals surface area contributed by atoms with E-state index in [2.05, 4.69) is 26.1 Å². The first-order valence-electron chi connectivity index (χ1n) is 6.48. The highest BCUT2D eigenvalue weighted by molar-refractivity contribution is 5.01. The molecule has 0 aromatic carbocycles. The van der Waals surface area contributed by atoms with Crippen LogP contribution in [0.4, 0.5) is 0 Å². The predicted molar refractivity (Wildman–Crippen MR) is 65.1 cm³/mol. The molecule has 2 atom stereocenters. The Morgan fingerprint density at radius 1 is 1.33 bits per heavy atom. The molecule has 0 heterocycles. The highest BCUT2D eigenvalue weighted by Gasteiger charge is 2.45. The van der Waals surface area contributed by atoms with Crippen molar-refractivity contribution in [2.75, 3.05) is 13.7 Å². The van der Waals surface area contributed by atoms with Gasteiger partial charge in [-0.3, -0.25) is 0 Å². The van der Waals surface area contributed by atoms with Gasteiger partial charge >= 0.3 is 0 Å². The van der Waals surface area contributed by atoms with E-state index in [1.54, 1.807) is 0 Å². The largest absolute Gasteiger partial charge is 0.377 e. The lowest BCUT2D eigenvalue weighted by atomic mass is 9.70. The van der Waals surface area contributed by atoms with Crippen molar-refractivity contribution in [2.45, 2.75) is 64.5 Å². The summed E-state index contributed by atoms with van der Waals surface area (Å²) in [6, 6.07) is 0.543. The second-order valence-electron chi connectivity index (χ2n) is 4.94. The highest BCUT2D eigenvalue weighted by atomic mass is 16.5. The van der Waals surface area contributed by atoms with E-state index >= 15 is 0 Å². The Balaban J connectivity index is 2.61. The van der Waals surface area contributed by atoms with Gasteiger partial charge in [-0.2, -0.15) is 0 Å². The molecule has 0 bridgehead atoms. The van der Waals surface area contributed by atoms with Gasteiger partial charge in [-0.15, -0.1) is 0 Å². The maximum Gasteiger partial charge on any atom is 0.0833 e. The third-order valence-electron chi connectivity index (χ3n) is 4.00. The van der Waals surface area contributed by atoms with Gasteiger partial charge < -0.3 is 10.1 Å². The maximum absolute atomic E-state index is 5.79. The zero-order valence-corrected chi connectivity index (χ0v) is 10.8. The molecule has 0 aliphatic heterocycles. The van der Waals surface area contributed by atoms with Gasteiger partial charge in [0.25, 0.3) is 0 Å². The van der Waals surface area contributed by atoms with Crippen molar-refractivity contribution in [3.63, 3.8) is 0 Å². The summed E-state index contributed by atoms with van der Waals surface area (Å²) in [5, 5.41) is 3.69. The van der Waals surface area contributed by atoms with Crippen LogP contribution in [0.2, 0.25) is 0 Å². The first kappa shape index (κ1) is 13.0. The SMILES string of the molecule is CCCNC(C(C)CC)C1(OC)CCC1. The molecule has 0 spiro atoms. The summed E-state index contributed by atoms with van der Waals surface area (Å²) < 4.78 is 5.79. The van der Waals surface area contributed by atoms with Gasteiger partial charge in [0.05, 0.1) is 5.60 Å². The molecule has 0 aromatic heterocycles.